The van der Waals surface area contributed by atoms with Crippen molar-refractivity contribution >= 4 is 44.5 Å². The van der Waals surface area contributed by atoms with E-state index in [9.17, 15) is 14.4 Å². The molecule has 4 aliphatic carbocycles. The third-order valence-corrected chi connectivity index (χ3v) is 7.48. The fourth-order valence-electron chi connectivity index (χ4n) is 5.98. The van der Waals surface area contributed by atoms with E-state index in [0.29, 0.717) is 28.6 Å². The zero-order valence-corrected chi connectivity index (χ0v) is 16.9. The van der Waals surface area contributed by atoms with Crippen molar-refractivity contribution in [2.45, 2.75) is 42.8 Å². The summed E-state index contributed by atoms with van der Waals surface area (Å²) in [6.45, 7) is -0.299. The molecule has 2 aromatic rings. The van der Waals surface area contributed by atoms with Crippen molar-refractivity contribution in [2.75, 3.05) is 11.9 Å². The predicted octanol–water partition coefficient (Wildman–Crippen LogP) is 3.07. The van der Waals surface area contributed by atoms with Crippen molar-refractivity contribution in [3.63, 3.8) is 0 Å². The van der Waals surface area contributed by atoms with Gasteiger partial charge in [0.15, 0.2) is 6.61 Å². The lowest BCUT2D eigenvalue weighted by Crippen LogP contribution is -2.56. The molecule has 2 unspecified atom stereocenters. The third kappa shape index (κ3) is 3.07. The molecular weight excluding hydrogens is 426 g/mol. The maximum absolute atomic E-state index is 12.9. The molecule has 7 nitrogen and oxygen atoms in total. The van der Waals surface area contributed by atoms with Gasteiger partial charge in [0.25, 0.3) is 5.91 Å². The Labute approximate surface area is 169 Å². The Hall–Kier alpha value is -2.09. The fourth-order valence-corrected chi connectivity index (χ4v) is 7.43. The Kier molecular flexibility index (Phi) is 3.98. The number of fused-ring (bicyclic) bond motifs is 1. The van der Waals surface area contributed by atoms with Gasteiger partial charge in [0.05, 0.1) is 16.4 Å². The van der Waals surface area contributed by atoms with E-state index in [1.54, 1.807) is 18.2 Å². The summed E-state index contributed by atoms with van der Waals surface area (Å²) in [5, 5.41) is 2.72. The van der Waals surface area contributed by atoms with Crippen molar-refractivity contribution in [3.8, 4) is 0 Å². The summed E-state index contributed by atoms with van der Waals surface area (Å²) in [5.74, 6) is 0.546. The number of hydrogen-bond donors (Lipinski definition) is 3. The van der Waals surface area contributed by atoms with Crippen LogP contribution in [0.3, 0.4) is 0 Å². The molecule has 4 fully saturated rings. The SMILES string of the molecule is O=C(COC(=O)C12C[C@@H]3C[C@@H](CC(Br)(C3)C1)C2)Nc1ccc2[nH]c(=O)[nH]c2c1. The molecule has 4 aliphatic rings. The van der Waals surface area contributed by atoms with Crippen molar-refractivity contribution in [1.82, 2.24) is 9.97 Å². The van der Waals surface area contributed by atoms with Gasteiger partial charge in [-0.3, -0.25) is 9.59 Å². The monoisotopic (exact) mass is 447 g/mol. The minimum Gasteiger partial charge on any atom is -0.455 e. The van der Waals surface area contributed by atoms with Crippen LogP contribution < -0.4 is 11.0 Å². The van der Waals surface area contributed by atoms with Crippen molar-refractivity contribution < 1.29 is 14.3 Å². The van der Waals surface area contributed by atoms with E-state index in [1.807, 2.05) is 0 Å². The van der Waals surface area contributed by atoms with Crippen LogP contribution in [-0.4, -0.2) is 32.8 Å². The number of H-pyrrole nitrogens is 2. The highest BCUT2D eigenvalue weighted by Gasteiger charge is 2.60. The molecule has 3 N–H and O–H groups in total. The number of halogens is 1. The summed E-state index contributed by atoms with van der Waals surface area (Å²) < 4.78 is 5.53. The van der Waals surface area contributed by atoms with Crippen LogP contribution in [0.15, 0.2) is 23.0 Å². The minimum atomic E-state index is -0.433. The molecule has 0 aliphatic heterocycles. The fraction of sp³-hybridized carbons (Fsp3) is 0.550. The van der Waals surface area contributed by atoms with Gasteiger partial charge in [-0.25, -0.2) is 4.79 Å². The summed E-state index contributed by atoms with van der Waals surface area (Å²) in [5.41, 5.74) is 1.08. The van der Waals surface area contributed by atoms with Crippen molar-refractivity contribution in [2.24, 2.45) is 17.3 Å². The first-order chi connectivity index (χ1) is 13.3. The summed E-state index contributed by atoms with van der Waals surface area (Å²) in [7, 11) is 0. The van der Waals surface area contributed by atoms with Crippen LogP contribution in [0.25, 0.3) is 11.0 Å². The van der Waals surface area contributed by atoms with Crippen LogP contribution in [0.2, 0.25) is 0 Å². The topological polar surface area (TPSA) is 104 Å². The second-order valence-corrected chi connectivity index (χ2v) is 10.5. The number of aromatic nitrogens is 2. The van der Waals surface area contributed by atoms with Gasteiger partial charge in [-0.05, 0) is 68.6 Å². The first kappa shape index (κ1) is 18.0. The van der Waals surface area contributed by atoms with E-state index in [-0.39, 0.29) is 28.5 Å². The molecule has 1 aromatic heterocycles. The molecule has 0 saturated heterocycles. The molecule has 4 bridgehead atoms. The lowest BCUT2D eigenvalue weighted by molar-refractivity contribution is -0.170. The first-order valence-corrected chi connectivity index (χ1v) is 10.5. The highest BCUT2D eigenvalue weighted by atomic mass is 79.9. The standard InChI is InChI=1S/C20H22BrN3O4/c21-20-7-11-3-12(8-20)6-19(5-11,10-20)17(26)28-9-16(25)22-13-1-2-14-15(4-13)24-18(27)23-14/h1-2,4,11-12H,3,5-10H2,(H,22,25)(H2,23,24,27)/t11-,12+,19?,20?. The predicted molar refractivity (Wildman–Crippen MR) is 107 cm³/mol. The number of nitrogens with one attached hydrogen (secondary N) is 3. The number of amides is 1. The van der Waals surface area contributed by atoms with Crippen LogP contribution in [0.1, 0.15) is 38.5 Å². The minimum absolute atomic E-state index is 0.0707. The van der Waals surface area contributed by atoms with E-state index < -0.39 is 5.41 Å². The third-order valence-electron chi connectivity index (χ3n) is 6.56. The number of aromatic amines is 2. The number of carbonyl (C=O) groups excluding carboxylic acids is 2. The number of imidazole rings is 1. The maximum atomic E-state index is 12.9. The Morgan fingerprint density at radius 1 is 1.14 bits per heavy atom. The smallest absolute Gasteiger partial charge is 0.323 e. The van der Waals surface area contributed by atoms with Gasteiger partial charge in [-0.1, -0.05) is 15.9 Å². The van der Waals surface area contributed by atoms with E-state index in [1.165, 1.54) is 6.42 Å². The van der Waals surface area contributed by atoms with Gasteiger partial charge in [0, 0.05) is 10.0 Å². The number of benzene rings is 1. The van der Waals surface area contributed by atoms with Gasteiger partial charge < -0.3 is 20.0 Å². The van der Waals surface area contributed by atoms with Crippen LogP contribution in [0, 0.1) is 17.3 Å². The molecule has 1 amide bonds. The van der Waals surface area contributed by atoms with Gasteiger partial charge in [0.1, 0.15) is 0 Å². The quantitative estimate of drug-likeness (QED) is 0.494. The molecule has 148 valence electrons. The molecule has 1 heterocycles. The molecule has 8 heteroatoms. The van der Waals surface area contributed by atoms with Crippen molar-refractivity contribution in [1.29, 1.82) is 0 Å². The molecule has 0 radical (unpaired) electrons. The first-order valence-electron chi connectivity index (χ1n) is 9.71. The molecule has 0 spiro atoms. The Morgan fingerprint density at radius 3 is 2.57 bits per heavy atom. The zero-order valence-electron chi connectivity index (χ0n) is 15.3. The molecule has 28 heavy (non-hydrogen) atoms. The summed E-state index contributed by atoms with van der Waals surface area (Å²) in [4.78, 5) is 41.8. The van der Waals surface area contributed by atoms with Gasteiger partial charge in [0.2, 0.25) is 0 Å². The highest BCUT2D eigenvalue weighted by Crippen LogP contribution is 2.64. The number of rotatable bonds is 4. The Balaban J connectivity index is 1.22. The van der Waals surface area contributed by atoms with Gasteiger partial charge in [-0.15, -0.1) is 0 Å². The average Bonchev–Trinajstić information content (AvgIpc) is 2.96. The van der Waals surface area contributed by atoms with Crippen LogP contribution in [-0.2, 0) is 14.3 Å². The van der Waals surface area contributed by atoms with E-state index in [4.69, 9.17) is 4.74 Å². The molecule has 4 saturated carbocycles. The van der Waals surface area contributed by atoms with Crippen LogP contribution in [0.4, 0.5) is 5.69 Å². The molecule has 1 aromatic carbocycles. The van der Waals surface area contributed by atoms with E-state index in [0.717, 1.165) is 32.1 Å². The number of esters is 1. The Morgan fingerprint density at radius 2 is 1.86 bits per heavy atom. The average molecular weight is 448 g/mol. The summed E-state index contributed by atoms with van der Waals surface area (Å²) in [6.07, 6.45) is 6.08. The molecule has 6 rings (SSSR count). The second-order valence-electron chi connectivity index (χ2n) is 8.86. The molecular formula is C20H22BrN3O4. The zero-order chi connectivity index (χ0) is 19.5. The number of ether oxygens (including phenoxy) is 1. The van der Waals surface area contributed by atoms with E-state index in [2.05, 4.69) is 31.2 Å². The van der Waals surface area contributed by atoms with Crippen LogP contribution >= 0.6 is 15.9 Å². The van der Waals surface area contributed by atoms with Crippen molar-refractivity contribution in [3.05, 3.63) is 28.7 Å². The van der Waals surface area contributed by atoms with E-state index >= 15 is 0 Å². The lowest BCUT2D eigenvalue weighted by atomic mass is 9.49. The Bertz CT molecular complexity index is 1010. The summed E-state index contributed by atoms with van der Waals surface area (Å²) >= 11 is 3.89. The maximum Gasteiger partial charge on any atom is 0.323 e. The number of carbonyl (C=O) groups is 2. The van der Waals surface area contributed by atoms with Crippen LogP contribution in [0.5, 0.6) is 0 Å². The largest absolute Gasteiger partial charge is 0.455 e. The number of hydrogen-bond acceptors (Lipinski definition) is 4. The highest BCUT2D eigenvalue weighted by molar-refractivity contribution is 9.10. The lowest BCUT2D eigenvalue weighted by Gasteiger charge is -2.58. The number of alkyl halides is 1. The number of anilines is 1. The second kappa shape index (κ2) is 6.20. The molecule has 4 atom stereocenters. The van der Waals surface area contributed by atoms with Gasteiger partial charge in [-0.2, -0.15) is 0 Å². The summed E-state index contributed by atoms with van der Waals surface area (Å²) in [6, 6.07) is 5.07. The van der Waals surface area contributed by atoms with Gasteiger partial charge >= 0.3 is 11.7 Å². The normalized spacial score (nSPS) is 33.2.